The molecule has 1 aliphatic heterocycles. The monoisotopic (exact) mass is 622 g/mol. The number of anilines is 1. The Hall–Kier alpha value is -4.68. The number of aromatic carboxylic acids is 1. The summed E-state index contributed by atoms with van der Waals surface area (Å²) in [4.78, 5) is 37.9. The minimum atomic E-state index is -1.04. The van der Waals surface area contributed by atoms with Gasteiger partial charge < -0.3 is 25.0 Å². The summed E-state index contributed by atoms with van der Waals surface area (Å²) in [6, 6.07) is 25.3. The van der Waals surface area contributed by atoms with E-state index in [0.29, 0.717) is 33.1 Å². The summed E-state index contributed by atoms with van der Waals surface area (Å²) >= 11 is 1.32. The second-order valence-corrected chi connectivity index (χ2v) is 11.6. The van der Waals surface area contributed by atoms with Crippen LogP contribution in [0.3, 0.4) is 0 Å². The highest BCUT2D eigenvalue weighted by atomic mass is 32.2. The van der Waals surface area contributed by atoms with Gasteiger partial charge in [-0.1, -0.05) is 55.5 Å². The summed E-state index contributed by atoms with van der Waals surface area (Å²) in [6.07, 6.45) is 1.53. The average molecular weight is 623 g/mol. The third-order valence-electron chi connectivity index (χ3n) is 7.61. The normalized spacial score (nSPS) is 19.7. The van der Waals surface area contributed by atoms with Crippen LogP contribution in [0.1, 0.15) is 56.9 Å². The van der Waals surface area contributed by atoms with Crippen LogP contribution in [0.15, 0.2) is 102 Å². The molecule has 6 rings (SSSR count). The molecule has 5 aromatic rings. The van der Waals surface area contributed by atoms with Crippen molar-refractivity contribution < 1.29 is 29.3 Å². The highest BCUT2D eigenvalue weighted by molar-refractivity contribution is 7.99. The minimum absolute atomic E-state index is 0.0638. The highest BCUT2D eigenvalue weighted by Crippen LogP contribution is 2.43. The predicted octanol–water partition coefficient (Wildman–Crippen LogP) is 6.05. The first-order valence-electron chi connectivity index (χ1n) is 14.3. The summed E-state index contributed by atoms with van der Waals surface area (Å²) in [5, 5.41) is 22.5. The number of rotatable bonds is 9. The van der Waals surface area contributed by atoms with Gasteiger partial charge in [0.15, 0.2) is 6.29 Å². The lowest BCUT2D eigenvalue weighted by Gasteiger charge is -2.41. The molecule has 0 unspecified atom stereocenters. The number of fused-ring (bicyclic) bond motifs is 1. The Labute approximate surface area is 263 Å². The van der Waals surface area contributed by atoms with Gasteiger partial charge in [0.2, 0.25) is 0 Å². The van der Waals surface area contributed by atoms with Crippen molar-refractivity contribution in [2.24, 2.45) is 5.92 Å². The van der Waals surface area contributed by atoms with E-state index in [1.807, 2.05) is 61.5 Å². The molecule has 10 nitrogen and oxygen atoms in total. The maximum Gasteiger partial charge on any atom is 0.338 e. The molecule has 4 atom stereocenters. The number of nitrogens with zero attached hydrogens (tertiary/aromatic N) is 3. The number of carbonyl (C=O) groups excluding carboxylic acids is 1. The van der Waals surface area contributed by atoms with Crippen molar-refractivity contribution in [3.05, 3.63) is 125 Å². The number of benzene rings is 3. The first-order chi connectivity index (χ1) is 21.9. The smallest absolute Gasteiger partial charge is 0.338 e. The summed E-state index contributed by atoms with van der Waals surface area (Å²) in [5.74, 6) is -1.12. The van der Waals surface area contributed by atoms with Crippen LogP contribution >= 0.6 is 11.8 Å². The topological polar surface area (TPSA) is 144 Å². The number of hydrogen-bond acceptors (Lipinski definition) is 9. The van der Waals surface area contributed by atoms with E-state index < -0.39 is 18.2 Å². The van der Waals surface area contributed by atoms with Gasteiger partial charge in [0.1, 0.15) is 10.7 Å². The van der Waals surface area contributed by atoms with Crippen LogP contribution in [-0.2, 0) is 16.1 Å². The van der Waals surface area contributed by atoms with E-state index in [1.54, 1.807) is 30.5 Å². The fourth-order valence-electron chi connectivity index (χ4n) is 5.16. The molecule has 3 N–H and O–H groups in total. The van der Waals surface area contributed by atoms with Gasteiger partial charge >= 0.3 is 5.97 Å². The van der Waals surface area contributed by atoms with Crippen molar-refractivity contribution in [2.75, 3.05) is 11.1 Å². The standard InChI is InChI=1S/C34H30N4O6S/c1-20-29(19-45-32-25(33(41)42)8-5-15-35-32)43-34(44-30(20)22-13-11-21(18-39)12-14-22)23-6-4-7-24(16-23)37-31(40)28-17-36-26-9-2-3-10-27(26)38-28/h2-17,20,29-30,34,39H,18-19H2,1H3,(H,37,40)(H,41,42)/t20-,29+,30+,34+/m0/s1. The van der Waals surface area contributed by atoms with E-state index >= 15 is 0 Å². The SMILES string of the molecule is C[C@H]1[C@@H](CSc2ncccc2C(=O)O)O[C@@H](c2cccc(NC(=O)c3cnc4ccccc4n3)c2)O[C@H]1c1ccc(CO)cc1. The van der Waals surface area contributed by atoms with Crippen LogP contribution in [0.2, 0.25) is 0 Å². The van der Waals surface area contributed by atoms with Crippen molar-refractivity contribution in [3.8, 4) is 0 Å². The number of nitrogens with one attached hydrogen (secondary N) is 1. The van der Waals surface area contributed by atoms with E-state index in [2.05, 4.69) is 20.3 Å². The number of carboxylic acids is 1. The van der Waals surface area contributed by atoms with Crippen LogP contribution in [0.5, 0.6) is 0 Å². The van der Waals surface area contributed by atoms with E-state index in [4.69, 9.17) is 9.47 Å². The fraction of sp³-hybridized carbons (Fsp3) is 0.206. The summed E-state index contributed by atoms with van der Waals surface area (Å²) in [7, 11) is 0. The molecule has 11 heteroatoms. The Kier molecular flexibility index (Phi) is 9.13. The highest BCUT2D eigenvalue weighted by Gasteiger charge is 2.38. The lowest BCUT2D eigenvalue weighted by Crippen LogP contribution is -2.38. The number of amides is 1. The van der Waals surface area contributed by atoms with Crippen molar-refractivity contribution in [1.29, 1.82) is 0 Å². The zero-order valence-electron chi connectivity index (χ0n) is 24.2. The van der Waals surface area contributed by atoms with E-state index in [0.717, 1.165) is 11.1 Å². The first kappa shape index (κ1) is 30.4. The van der Waals surface area contributed by atoms with Crippen LogP contribution in [0.4, 0.5) is 5.69 Å². The molecular weight excluding hydrogens is 592 g/mol. The van der Waals surface area contributed by atoms with Gasteiger partial charge in [-0.3, -0.25) is 9.78 Å². The first-order valence-corrected chi connectivity index (χ1v) is 15.3. The predicted molar refractivity (Wildman–Crippen MR) is 169 cm³/mol. The Morgan fingerprint density at radius 2 is 1.71 bits per heavy atom. The molecule has 1 fully saturated rings. The number of pyridine rings is 1. The van der Waals surface area contributed by atoms with Crippen molar-refractivity contribution in [1.82, 2.24) is 15.0 Å². The summed E-state index contributed by atoms with van der Waals surface area (Å²) < 4.78 is 13.0. The van der Waals surface area contributed by atoms with Gasteiger partial charge in [0.25, 0.3) is 5.91 Å². The van der Waals surface area contributed by atoms with Crippen LogP contribution in [0.25, 0.3) is 11.0 Å². The van der Waals surface area contributed by atoms with Crippen LogP contribution in [0, 0.1) is 5.92 Å². The van der Waals surface area contributed by atoms with Crippen molar-refractivity contribution in [3.63, 3.8) is 0 Å². The van der Waals surface area contributed by atoms with Crippen molar-refractivity contribution >= 4 is 40.4 Å². The number of aliphatic hydroxyl groups is 1. The number of para-hydroxylation sites is 2. The van der Waals surface area contributed by atoms with Crippen LogP contribution < -0.4 is 5.32 Å². The van der Waals surface area contributed by atoms with E-state index in [9.17, 15) is 19.8 Å². The largest absolute Gasteiger partial charge is 0.478 e. The molecule has 0 spiro atoms. The molecule has 1 aliphatic rings. The Balaban J connectivity index is 1.25. The quantitative estimate of drug-likeness (QED) is 0.166. The molecule has 1 saturated heterocycles. The number of carbonyl (C=O) groups is 2. The molecule has 0 radical (unpaired) electrons. The van der Waals surface area contributed by atoms with Gasteiger partial charge in [-0.25, -0.2) is 14.8 Å². The number of aromatic nitrogens is 3. The average Bonchev–Trinajstić information content (AvgIpc) is 3.08. The third-order valence-corrected chi connectivity index (χ3v) is 8.70. The third kappa shape index (κ3) is 6.86. The summed E-state index contributed by atoms with van der Waals surface area (Å²) in [6.45, 7) is 1.97. The molecule has 3 aromatic carbocycles. The second-order valence-electron chi connectivity index (χ2n) is 10.6. The second kappa shape index (κ2) is 13.5. The maximum absolute atomic E-state index is 13.1. The van der Waals surface area contributed by atoms with Gasteiger partial charge in [0.05, 0.1) is 41.6 Å². The molecule has 3 heterocycles. The van der Waals surface area contributed by atoms with E-state index in [-0.39, 0.29) is 36.0 Å². The minimum Gasteiger partial charge on any atom is -0.478 e. The summed E-state index contributed by atoms with van der Waals surface area (Å²) in [5.41, 5.74) is 4.59. The number of thioether (sulfide) groups is 1. The number of aliphatic hydroxyl groups excluding tert-OH is 1. The molecule has 1 amide bonds. The molecule has 228 valence electrons. The molecular formula is C34H30N4O6S. The number of hydrogen-bond donors (Lipinski definition) is 3. The molecule has 45 heavy (non-hydrogen) atoms. The Morgan fingerprint density at radius 3 is 2.49 bits per heavy atom. The number of carboxylic acid groups (broad SMARTS) is 1. The Bertz CT molecular complexity index is 1840. The van der Waals surface area contributed by atoms with Gasteiger partial charge in [0, 0.05) is 29.1 Å². The molecule has 0 bridgehead atoms. The zero-order chi connectivity index (χ0) is 31.3. The fourth-order valence-corrected chi connectivity index (χ4v) is 6.31. The van der Waals surface area contributed by atoms with Gasteiger partial charge in [-0.05, 0) is 47.5 Å². The number of ether oxygens (including phenoxy) is 2. The van der Waals surface area contributed by atoms with Gasteiger partial charge in [-0.15, -0.1) is 11.8 Å². The van der Waals surface area contributed by atoms with Gasteiger partial charge in [-0.2, -0.15) is 0 Å². The van der Waals surface area contributed by atoms with Crippen molar-refractivity contribution in [2.45, 2.75) is 37.1 Å². The molecule has 0 aliphatic carbocycles. The van der Waals surface area contributed by atoms with Crippen LogP contribution in [-0.4, -0.2) is 48.9 Å². The molecule has 2 aromatic heterocycles. The van der Waals surface area contributed by atoms with E-state index in [1.165, 1.54) is 24.0 Å². The lowest BCUT2D eigenvalue weighted by atomic mass is 9.91. The molecule has 0 saturated carbocycles. The lowest BCUT2D eigenvalue weighted by molar-refractivity contribution is -0.268. The Morgan fingerprint density at radius 1 is 0.911 bits per heavy atom. The maximum atomic E-state index is 13.1. The zero-order valence-corrected chi connectivity index (χ0v) is 25.1.